The van der Waals surface area contributed by atoms with Crippen molar-refractivity contribution < 1.29 is 4.74 Å². The molecule has 0 radical (unpaired) electrons. The van der Waals surface area contributed by atoms with E-state index in [1.165, 1.54) is 6.33 Å². The van der Waals surface area contributed by atoms with Crippen LogP contribution in [0.4, 0.5) is 0 Å². The van der Waals surface area contributed by atoms with E-state index in [0.29, 0.717) is 18.3 Å². The van der Waals surface area contributed by atoms with Gasteiger partial charge in [-0.3, -0.25) is 0 Å². The highest BCUT2D eigenvalue weighted by molar-refractivity contribution is 5.28. The summed E-state index contributed by atoms with van der Waals surface area (Å²) < 4.78 is 5.12. The summed E-state index contributed by atoms with van der Waals surface area (Å²) in [5.41, 5.74) is 7.60. The molecule has 0 bridgehead atoms. The summed E-state index contributed by atoms with van der Waals surface area (Å²) in [7, 11) is 1.62. The molecule has 1 atom stereocenters. The third kappa shape index (κ3) is 2.42. The molecule has 1 aromatic rings. The first-order valence-electron chi connectivity index (χ1n) is 4.73. The lowest BCUT2D eigenvalue weighted by Gasteiger charge is -2.11. The molecule has 4 heteroatoms. The number of nitrogens with zero attached hydrogens (tertiary/aromatic N) is 2. The van der Waals surface area contributed by atoms with Crippen LogP contribution < -0.4 is 10.5 Å². The van der Waals surface area contributed by atoms with E-state index in [0.717, 1.165) is 17.7 Å². The second kappa shape index (κ2) is 4.91. The highest BCUT2D eigenvalue weighted by atomic mass is 16.5. The second-order valence-electron chi connectivity index (χ2n) is 3.50. The standard InChI is InChI=1S/C10H17N3O/c1-7(5-11)4-9-8(2)10(14-3)13-6-12-9/h6-7H,4-5,11H2,1-3H3. The van der Waals surface area contributed by atoms with E-state index in [4.69, 9.17) is 10.5 Å². The molecule has 0 saturated heterocycles. The fraction of sp³-hybridized carbons (Fsp3) is 0.600. The van der Waals surface area contributed by atoms with Gasteiger partial charge in [0.2, 0.25) is 5.88 Å². The number of hydrogen-bond acceptors (Lipinski definition) is 4. The number of nitrogens with two attached hydrogens (primary N) is 1. The Balaban J connectivity index is 2.86. The Labute approximate surface area is 84.5 Å². The highest BCUT2D eigenvalue weighted by Crippen LogP contribution is 2.17. The van der Waals surface area contributed by atoms with Crippen molar-refractivity contribution >= 4 is 0 Å². The Morgan fingerprint density at radius 2 is 2.21 bits per heavy atom. The lowest BCUT2D eigenvalue weighted by Crippen LogP contribution is -2.15. The van der Waals surface area contributed by atoms with Crippen molar-refractivity contribution in [2.45, 2.75) is 20.3 Å². The van der Waals surface area contributed by atoms with Gasteiger partial charge in [0.25, 0.3) is 0 Å². The van der Waals surface area contributed by atoms with Gasteiger partial charge in [-0.05, 0) is 25.8 Å². The van der Waals surface area contributed by atoms with Gasteiger partial charge in [0.05, 0.1) is 12.8 Å². The molecule has 0 amide bonds. The van der Waals surface area contributed by atoms with E-state index < -0.39 is 0 Å². The number of rotatable bonds is 4. The molecule has 1 rings (SSSR count). The van der Waals surface area contributed by atoms with Gasteiger partial charge in [-0.2, -0.15) is 0 Å². The van der Waals surface area contributed by atoms with E-state index in [2.05, 4.69) is 16.9 Å². The predicted octanol–water partition coefficient (Wildman–Crippen LogP) is 0.931. The molecule has 2 N–H and O–H groups in total. The lowest BCUT2D eigenvalue weighted by molar-refractivity contribution is 0.391. The third-order valence-electron chi connectivity index (χ3n) is 2.28. The first-order chi connectivity index (χ1) is 6.69. The number of hydrogen-bond donors (Lipinski definition) is 1. The van der Waals surface area contributed by atoms with Gasteiger partial charge < -0.3 is 10.5 Å². The number of methoxy groups -OCH3 is 1. The molecular formula is C10H17N3O. The van der Waals surface area contributed by atoms with Crippen molar-refractivity contribution in [3.8, 4) is 5.88 Å². The second-order valence-corrected chi connectivity index (χ2v) is 3.50. The van der Waals surface area contributed by atoms with Crippen LogP contribution >= 0.6 is 0 Å². The highest BCUT2D eigenvalue weighted by Gasteiger charge is 2.09. The van der Waals surface area contributed by atoms with Crippen LogP contribution in [0.5, 0.6) is 5.88 Å². The zero-order chi connectivity index (χ0) is 10.6. The van der Waals surface area contributed by atoms with Gasteiger partial charge in [0.15, 0.2) is 0 Å². The Kier molecular flexibility index (Phi) is 3.83. The average molecular weight is 195 g/mol. The molecule has 14 heavy (non-hydrogen) atoms. The van der Waals surface area contributed by atoms with Crippen molar-refractivity contribution in [3.05, 3.63) is 17.6 Å². The van der Waals surface area contributed by atoms with Crippen molar-refractivity contribution in [2.75, 3.05) is 13.7 Å². The van der Waals surface area contributed by atoms with E-state index in [1.807, 2.05) is 6.92 Å². The predicted molar refractivity (Wildman–Crippen MR) is 55.2 cm³/mol. The van der Waals surface area contributed by atoms with E-state index in [-0.39, 0.29) is 0 Å². The zero-order valence-electron chi connectivity index (χ0n) is 8.95. The maximum Gasteiger partial charge on any atom is 0.219 e. The molecule has 4 nitrogen and oxygen atoms in total. The molecule has 1 aromatic heterocycles. The first kappa shape index (κ1) is 10.9. The molecule has 0 fully saturated rings. The van der Waals surface area contributed by atoms with Crippen LogP contribution in [0.2, 0.25) is 0 Å². The average Bonchev–Trinajstić information content (AvgIpc) is 2.21. The number of aromatic nitrogens is 2. The minimum atomic E-state index is 0.438. The summed E-state index contributed by atoms with van der Waals surface area (Å²) in [6, 6.07) is 0. The number of ether oxygens (including phenoxy) is 1. The summed E-state index contributed by atoms with van der Waals surface area (Å²) >= 11 is 0. The molecular weight excluding hydrogens is 178 g/mol. The van der Waals surface area contributed by atoms with Crippen molar-refractivity contribution in [2.24, 2.45) is 11.7 Å². The van der Waals surface area contributed by atoms with Crippen LogP contribution in [0.1, 0.15) is 18.2 Å². The fourth-order valence-corrected chi connectivity index (χ4v) is 1.29. The van der Waals surface area contributed by atoms with Crippen LogP contribution in [-0.4, -0.2) is 23.6 Å². The van der Waals surface area contributed by atoms with Crippen LogP contribution in [0.15, 0.2) is 6.33 Å². The van der Waals surface area contributed by atoms with Crippen LogP contribution in [0.25, 0.3) is 0 Å². The summed E-state index contributed by atoms with van der Waals surface area (Å²) in [6.45, 7) is 4.75. The van der Waals surface area contributed by atoms with Gasteiger partial charge in [-0.25, -0.2) is 9.97 Å². The Bertz CT molecular complexity index is 301. The monoisotopic (exact) mass is 195 g/mol. The van der Waals surface area contributed by atoms with Gasteiger partial charge in [-0.1, -0.05) is 6.92 Å². The molecule has 0 spiro atoms. The lowest BCUT2D eigenvalue weighted by atomic mass is 10.0. The third-order valence-corrected chi connectivity index (χ3v) is 2.28. The Morgan fingerprint density at radius 3 is 2.79 bits per heavy atom. The van der Waals surface area contributed by atoms with Crippen molar-refractivity contribution in [1.29, 1.82) is 0 Å². The minimum Gasteiger partial charge on any atom is -0.481 e. The molecule has 78 valence electrons. The fourth-order valence-electron chi connectivity index (χ4n) is 1.29. The van der Waals surface area contributed by atoms with Crippen LogP contribution in [0, 0.1) is 12.8 Å². The Morgan fingerprint density at radius 1 is 1.50 bits per heavy atom. The molecule has 0 aliphatic heterocycles. The molecule has 0 aromatic carbocycles. The normalized spacial score (nSPS) is 12.6. The summed E-state index contributed by atoms with van der Waals surface area (Å²) in [4.78, 5) is 8.25. The molecule has 0 aliphatic carbocycles. The smallest absolute Gasteiger partial charge is 0.219 e. The van der Waals surface area contributed by atoms with E-state index >= 15 is 0 Å². The largest absolute Gasteiger partial charge is 0.481 e. The summed E-state index contributed by atoms with van der Waals surface area (Å²) in [5.74, 6) is 1.09. The summed E-state index contributed by atoms with van der Waals surface area (Å²) in [5, 5.41) is 0. The molecule has 1 unspecified atom stereocenters. The van der Waals surface area contributed by atoms with Gasteiger partial charge in [-0.15, -0.1) is 0 Å². The molecule has 1 heterocycles. The van der Waals surface area contributed by atoms with Crippen molar-refractivity contribution in [1.82, 2.24) is 9.97 Å². The van der Waals surface area contributed by atoms with Crippen molar-refractivity contribution in [3.63, 3.8) is 0 Å². The first-order valence-corrected chi connectivity index (χ1v) is 4.73. The summed E-state index contributed by atoms with van der Waals surface area (Å²) in [6.07, 6.45) is 2.41. The Hall–Kier alpha value is -1.16. The maximum absolute atomic E-state index is 5.57. The van der Waals surface area contributed by atoms with Crippen LogP contribution in [0.3, 0.4) is 0 Å². The topological polar surface area (TPSA) is 61.0 Å². The maximum atomic E-state index is 5.57. The molecule has 0 aliphatic rings. The van der Waals surface area contributed by atoms with E-state index in [1.54, 1.807) is 7.11 Å². The minimum absolute atomic E-state index is 0.438. The zero-order valence-corrected chi connectivity index (χ0v) is 8.95. The molecule has 0 saturated carbocycles. The SMILES string of the molecule is COc1ncnc(CC(C)CN)c1C. The van der Waals surface area contributed by atoms with Gasteiger partial charge in [0, 0.05) is 5.56 Å². The van der Waals surface area contributed by atoms with Gasteiger partial charge >= 0.3 is 0 Å². The quantitative estimate of drug-likeness (QED) is 0.776. The van der Waals surface area contributed by atoms with E-state index in [9.17, 15) is 0 Å². The van der Waals surface area contributed by atoms with Crippen LogP contribution in [-0.2, 0) is 6.42 Å². The van der Waals surface area contributed by atoms with Gasteiger partial charge in [0.1, 0.15) is 6.33 Å².